The predicted molar refractivity (Wildman–Crippen MR) is 95.2 cm³/mol. The maximum atomic E-state index is 12.7. The van der Waals surface area contributed by atoms with Crippen molar-refractivity contribution >= 4 is 11.6 Å². The SMILES string of the molecule is COc1ccc(OCC(=O)N2CCC[C@@H]2c2nnc3ccccn23)cc1. The van der Waals surface area contributed by atoms with E-state index in [1.165, 1.54) is 0 Å². The van der Waals surface area contributed by atoms with Gasteiger partial charge in [-0.2, -0.15) is 0 Å². The molecule has 1 aliphatic rings. The summed E-state index contributed by atoms with van der Waals surface area (Å²) in [5.41, 5.74) is 0.788. The van der Waals surface area contributed by atoms with Crippen LogP contribution >= 0.6 is 0 Å². The molecule has 1 amide bonds. The summed E-state index contributed by atoms with van der Waals surface area (Å²) in [6, 6.07) is 12.9. The van der Waals surface area contributed by atoms with Gasteiger partial charge in [0.25, 0.3) is 5.91 Å². The molecule has 1 saturated heterocycles. The molecule has 7 heteroatoms. The third-order valence-corrected chi connectivity index (χ3v) is 4.63. The second-order valence-electron chi connectivity index (χ2n) is 6.20. The Morgan fingerprint density at radius 2 is 1.96 bits per heavy atom. The van der Waals surface area contributed by atoms with Crippen LogP contribution in [0.1, 0.15) is 24.7 Å². The number of carbonyl (C=O) groups is 1. The van der Waals surface area contributed by atoms with Crippen LogP contribution in [0, 0.1) is 0 Å². The lowest BCUT2D eigenvalue weighted by molar-refractivity contribution is -0.134. The molecule has 1 aromatic carbocycles. The van der Waals surface area contributed by atoms with Crippen molar-refractivity contribution in [3.8, 4) is 11.5 Å². The minimum atomic E-state index is -0.0700. The molecule has 3 aromatic rings. The molecule has 2 aromatic heterocycles. The highest BCUT2D eigenvalue weighted by molar-refractivity contribution is 5.78. The van der Waals surface area contributed by atoms with Gasteiger partial charge in [-0.3, -0.25) is 9.20 Å². The van der Waals surface area contributed by atoms with E-state index in [0.29, 0.717) is 12.3 Å². The number of fused-ring (bicyclic) bond motifs is 1. The Balaban J connectivity index is 1.46. The lowest BCUT2D eigenvalue weighted by Crippen LogP contribution is -2.35. The standard InChI is InChI=1S/C19H20N4O3/c1-25-14-7-9-15(10-8-14)26-13-18(24)22-12-4-5-16(22)19-21-20-17-6-2-3-11-23(17)19/h2-3,6-11,16H,4-5,12-13H2,1H3/t16-/m1/s1. The van der Waals surface area contributed by atoms with Crippen molar-refractivity contribution in [3.63, 3.8) is 0 Å². The van der Waals surface area contributed by atoms with Crippen LogP contribution in [0.3, 0.4) is 0 Å². The van der Waals surface area contributed by atoms with E-state index in [1.54, 1.807) is 31.4 Å². The van der Waals surface area contributed by atoms with Gasteiger partial charge in [-0.25, -0.2) is 0 Å². The monoisotopic (exact) mass is 352 g/mol. The number of pyridine rings is 1. The lowest BCUT2D eigenvalue weighted by Gasteiger charge is -2.23. The number of likely N-dealkylation sites (tertiary alicyclic amines) is 1. The summed E-state index contributed by atoms with van der Waals surface area (Å²) in [6.07, 6.45) is 3.75. The molecule has 0 radical (unpaired) electrons. The average molecular weight is 352 g/mol. The first-order valence-corrected chi connectivity index (χ1v) is 8.62. The molecule has 0 saturated carbocycles. The van der Waals surface area contributed by atoms with Crippen molar-refractivity contribution < 1.29 is 14.3 Å². The summed E-state index contributed by atoms with van der Waals surface area (Å²) in [6.45, 7) is 0.705. The molecule has 0 N–H and O–H groups in total. The Hall–Kier alpha value is -3.09. The van der Waals surface area contributed by atoms with E-state index in [2.05, 4.69) is 10.2 Å². The quantitative estimate of drug-likeness (QED) is 0.706. The van der Waals surface area contributed by atoms with E-state index in [-0.39, 0.29) is 18.6 Å². The first-order valence-electron chi connectivity index (χ1n) is 8.62. The minimum absolute atomic E-state index is 0.000431. The van der Waals surface area contributed by atoms with Gasteiger partial charge >= 0.3 is 0 Å². The van der Waals surface area contributed by atoms with Crippen molar-refractivity contribution in [1.82, 2.24) is 19.5 Å². The van der Waals surface area contributed by atoms with E-state index < -0.39 is 0 Å². The second kappa shape index (κ2) is 7.03. The molecule has 134 valence electrons. The fourth-order valence-corrected chi connectivity index (χ4v) is 3.32. The predicted octanol–water partition coefficient (Wildman–Crippen LogP) is 2.48. The van der Waals surface area contributed by atoms with Crippen LogP contribution in [0.15, 0.2) is 48.7 Å². The molecule has 26 heavy (non-hydrogen) atoms. The molecule has 1 atom stereocenters. The molecule has 0 unspecified atom stereocenters. The van der Waals surface area contributed by atoms with Gasteiger partial charge in [0.1, 0.15) is 11.5 Å². The van der Waals surface area contributed by atoms with Crippen molar-refractivity contribution in [1.29, 1.82) is 0 Å². The number of rotatable bonds is 5. The summed E-state index contributed by atoms with van der Waals surface area (Å²) in [5.74, 6) is 2.15. The van der Waals surface area contributed by atoms with Crippen LogP contribution in [0.4, 0.5) is 0 Å². The average Bonchev–Trinajstić information content (AvgIpc) is 3.33. The van der Waals surface area contributed by atoms with E-state index in [4.69, 9.17) is 9.47 Å². The molecule has 0 spiro atoms. The van der Waals surface area contributed by atoms with Gasteiger partial charge < -0.3 is 14.4 Å². The Morgan fingerprint density at radius 1 is 1.15 bits per heavy atom. The lowest BCUT2D eigenvalue weighted by atomic mass is 10.2. The summed E-state index contributed by atoms with van der Waals surface area (Å²) >= 11 is 0. The molecule has 0 aliphatic carbocycles. The first-order chi connectivity index (χ1) is 12.8. The zero-order valence-electron chi connectivity index (χ0n) is 14.5. The highest BCUT2D eigenvalue weighted by atomic mass is 16.5. The molecular weight excluding hydrogens is 332 g/mol. The summed E-state index contributed by atoms with van der Waals surface area (Å²) in [7, 11) is 1.61. The van der Waals surface area contributed by atoms with Gasteiger partial charge in [-0.15, -0.1) is 10.2 Å². The van der Waals surface area contributed by atoms with Gasteiger partial charge in [0.2, 0.25) is 0 Å². The van der Waals surface area contributed by atoms with E-state index in [9.17, 15) is 4.79 Å². The zero-order valence-corrected chi connectivity index (χ0v) is 14.5. The van der Waals surface area contributed by atoms with Gasteiger partial charge in [0, 0.05) is 12.7 Å². The maximum absolute atomic E-state index is 12.7. The molecule has 0 bridgehead atoms. The van der Waals surface area contributed by atoms with Crippen molar-refractivity contribution in [2.75, 3.05) is 20.3 Å². The van der Waals surface area contributed by atoms with E-state index in [1.807, 2.05) is 33.7 Å². The van der Waals surface area contributed by atoms with Crippen LogP contribution in [0.5, 0.6) is 11.5 Å². The Kier molecular flexibility index (Phi) is 4.43. The first kappa shape index (κ1) is 16.4. The van der Waals surface area contributed by atoms with Crippen molar-refractivity contribution in [3.05, 3.63) is 54.5 Å². The van der Waals surface area contributed by atoms with Crippen LogP contribution in [0.2, 0.25) is 0 Å². The van der Waals surface area contributed by atoms with Gasteiger partial charge in [0.05, 0.1) is 13.2 Å². The number of ether oxygens (including phenoxy) is 2. The third-order valence-electron chi connectivity index (χ3n) is 4.63. The molecule has 3 heterocycles. The Labute approximate surface area is 151 Å². The maximum Gasteiger partial charge on any atom is 0.261 e. The highest BCUT2D eigenvalue weighted by Gasteiger charge is 2.33. The Bertz CT molecular complexity index is 907. The second-order valence-corrected chi connectivity index (χ2v) is 6.20. The van der Waals surface area contributed by atoms with E-state index in [0.717, 1.165) is 30.1 Å². The summed E-state index contributed by atoms with van der Waals surface area (Å²) in [4.78, 5) is 14.5. The molecule has 1 aliphatic heterocycles. The van der Waals surface area contributed by atoms with E-state index >= 15 is 0 Å². The van der Waals surface area contributed by atoms with Gasteiger partial charge in [-0.05, 0) is 49.2 Å². The molecule has 4 rings (SSSR count). The minimum Gasteiger partial charge on any atom is -0.497 e. The van der Waals surface area contributed by atoms with Gasteiger partial charge in [-0.1, -0.05) is 6.07 Å². The zero-order chi connectivity index (χ0) is 17.9. The molecular formula is C19H20N4O3. The third kappa shape index (κ3) is 3.08. The Morgan fingerprint density at radius 3 is 2.77 bits per heavy atom. The van der Waals surface area contributed by atoms with Crippen LogP contribution in [0.25, 0.3) is 5.65 Å². The van der Waals surface area contributed by atoms with Gasteiger partial charge in [0.15, 0.2) is 18.1 Å². The highest BCUT2D eigenvalue weighted by Crippen LogP contribution is 2.31. The summed E-state index contributed by atoms with van der Waals surface area (Å²) < 4.78 is 12.7. The number of nitrogens with zero attached hydrogens (tertiary/aromatic N) is 4. The number of hydrogen-bond donors (Lipinski definition) is 0. The number of methoxy groups -OCH3 is 1. The number of benzene rings is 1. The molecule has 1 fully saturated rings. The van der Waals surface area contributed by atoms with Crippen molar-refractivity contribution in [2.24, 2.45) is 0 Å². The fraction of sp³-hybridized carbons (Fsp3) is 0.316. The number of aromatic nitrogens is 3. The fourth-order valence-electron chi connectivity index (χ4n) is 3.32. The smallest absolute Gasteiger partial charge is 0.261 e. The van der Waals surface area contributed by atoms with Crippen LogP contribution < -0.4 is 9.47 Å². The number of carbonyl (C=O) groups excluding carboxylic acids is 1. The largest absolute Gasteiger partial charge is 0.497 e. The van der Waals surface area contributed by atoms with Crippen molar-refractivity contribution in [2.45, 2.75) is 18.9 Å². The van der Waals surface area contributed by atoms with Crippen LogP contribution in [-0.2, 0) is 4.79 Å². The number of hydrogen-bond acceptors (Lipinski definition) is 5. The van der Waals surface area contributed by atoms with Crippen LogP contribution in [-0.4, -0.2) is 45.7 Å². The normalized spacial score (nSPS) is 16.8. The topological polar surface area (TPSA) is 69.0 Å². The summed E-state index contributed by atoms with van der Waals surface area (Å²) in [5, 5.41) is 8.51. The number of amides is 1. The molecule has 7 nitrogen and oxygen atoms in total.